The molecule has 180 valence electrons. The Bertz CT molecular complexity index is 1110. The standard InChI is InChI=1S/C27H34N4O2S/c1-18(2)29-27(32)31-9-8-20(14-19(31)3)23-5-6-25-24(23)15-21(16-28-25)26-7-4-22(34-26)17-30-10-12-33-13-11-30/h4-5,7,14-16,18-19H,6,8-13,17H2,1-3H3,(H,29,32). The second-order valence-corrected chi connectivity index (χ2v) is 10.8. The summed E-state index contributed by atoms with van der Waals surface area (Å²) in [7, 11) is 0. The van der Waals surface area contributed by atoms with Crippen LogP contribution in [0.5, 0.6) is 0 Å². The quantitative estimate of drug-likeness (QED) is 0.676. The second-order valence-electron chi connectivity index (χ2n) is 9.67. The lowest BCUT2D eigenvalue weighted by Crippen LogP contribution is -2.48. The van der Waals surface area contributed by atoms with Gasteiger partial charge in [0, 0.05) is 71.8 Å². The van der Waals surface area contributed by atoms with Crippen LogP contribution in [0.3, 0.4) is 0 Å². The molecule has 1 saturated heterocycles. The highest BCUT2D eigenvalue weighted by Crippen LogP contribution is 2.38. The molecule has 5 rings (SSSR count). The van der Waals surface area contributed by atoms with Crippen molar-refractivity contribution >= 4 is 22.9 Å². The zero-order valence-corrected chi connectivity index (χ0v) is 21.2. The van der Waals surface area contributed by atoms with Crippen LogP contribution in [0.25, 0.3) is 16.0 Å². The molecule has 1 unspecified atom stereocenters. The Labute approximate surface area is 206 Å². The van der Waals surface area contributed by atoms with Crippen LogP contribution in [0.1, 0.15) is 43.3 Å². The van der Waals surface area contributed by atoms with Crippen molar-refractivity contribution < 1.29 is 9.53 Å². The molecule has 0 bridgehead atoms. The van der Waals surface area contributed by atoms with E-state index in [0.29, 0.717) is 0 Å². The number of thiophene rings is 1. The third kappa shape index (κ3) is 4.97. The van der Waals surface area contributed by atoms with E-state index in [1.807, 2.05) is 36.3 Å². The average Bonchev–Trinajstić information content (AvgIpc) is 3.46. The number of pyridine rings is 1. The smallest absolute Gasteiger partial charge is 0.318 e. The Morgan fingerprint density at radius 2 is 2.09 bits per heavy atom. The third-order valence-corrected chi connectivity index (χ3v) is 7.88. The highest BCUT2D eigenvalue weighted by Gasteiger charge is 2.27. The number of nitrogens with one attached hydrogen (secondary N) is 1. The molecule has 0 aromatic carbocycles. The number of fused-ring (bicyclic) bond motifs is 1. The Morgan fingerprint density at radius 3 is 2.85 bits per heavy atom. The lowest BCUT2D eigenvalue weighted by Gasteiger charge is -2.33. The van der Waals surface area contributed by atoms with E-state index in [-0.39, 0.29) is 18.1 Å². The minimum atomic E-state index is 0.0214. The van der Waals surface area contributed by atoms with Crippen LogP contribution in [0, 0.1) is 0 Å². The number of allylic oxidation sites excluding steroid dienone is 2. The van der Waals surface area contributed by atoms with Crippen LogP contribution in [-0.2, 0) is 17.7 Å². The molecular formula is C27H34N4O2S. The number of hydrogen-bond acceptors (Lipinski definition) is 5. The number of morpholine rings is 1. The van der Waals surface area contributed by atoms with E-state index in [1.165, 1.54) is 32.0 Å². The first-order valence-corrected chi connectivity index (χ1v) is 13.2. The average molecular weight is 479 g/mol. The van der Waals surface area contributed by atoms with Crippen LogP contribution in [-0.4, -0.2) is 65.7 Å². The molecule has 0 radical (unpaired) electrons. The first-order chi connectivity index (χ1) is 16.5. The summed E-state index contributed by atoms with van der Waals surface area (Å²) in [4.78, 5) is 24.4. The van der Waals surface area contributed by atoms with E-state index in [9.17, 15) is 4.79 Å². The third-order valence-electron chi connectivity index (χ3n) is 6.76. The first-order valence-electron chi connectivity index (χ1n) is 12.3. The predicted octanol–water partition coefficient (Wildman–Crippen LogP) is 4.72. The number of aromatic nitrogens is 1. The van der Waals surface area contributed by atoms with Crippen LogP contribution in [0.15, 0.2) is 42.1 Å². The highest BCUT2D eigenvalue weighted by molar-refractivity contribution is 7.15. The number of hydrogen-bond donors (Lipinski definition) is 1. The van der Waals surface area contributed by atoms with Gasteiger partial charge >= 0.3 is 6.03 Å². The van der Waals surface area contributed by atoms with Gasteiger partial charge in [-0.15, -0.1) is 11.3 Å². The van der Waals surface area contributed by atoms with Gasteiger partial charge in [0.25, 0.3) is 0 Å². The molecule has 4 heterocycles. The molecule has 0 spiro atoms. The molecule has 3 aliphatic rings. The monoisotopic (exact) mass is 478 g/mol. The fourth-order valence-corrected chi connectivity index (χ4v) is 6.02. The SMILES string of the molecule is CC(C)NC(=O)N1CCC(C2=CCc3ncc(-c4ccc(CN5CCOCC5)s4)cc32)=CC1C. The Kier molecular flexibility index (Phi) is 6.86. The fraction of sp³-hybridized carbons (Fsp3) is 0.481. The number of nitrogens with zero attached hydrogens (tertiary/aromatic N) is 3. The largest absolute Gasteiger partial charge is 0.379 e. The Hall–Kier alpha value is -2.48. The normalized spacial score (nSPS) is 20.8. The van der Waals surface area contributed by atoms with Gasteiger partial charge in [0.15, 0.2) is 0 Å². The zero-order chi connectivity index (χ0) is 23.7. The molecule has 7 heteroatoms. The van der Waals surface area contributed by atoms with Gasteiger partial charge < -0.3 is 15.0 Å². The van der Waals surface area contributed by atoms with Gasteiger partial charge in [0.1, 0.15) is 0 Å². The van der Waals surface area contributed by atoms with Crippen molar-refractivity contribution in [2.75, 3.05) is 32.8 Å². The first kappa shape index (κ1) is 23.3. The summed E-state index contributed by atoms with van der Waals surface area (Å²) in [5.74, 6) is 0. The lowest BCUT2D eigenvalue weighted by atomic mass is 9.93. The number of rotatable bonds is 5. The van der Waals surface area contributed by atoms with E-state index in [1.54, 1.807) is 0 Å². The number of carbonyl (C=O) groups is 1. The van der Waals surface area contributed by atoms with E-state index >= 15 is 0 Å². The van der Waals surface area contributed by atoms with Gasteiger partial charge in [-0.1, -0.05) is 12.2 Å². The van der Waals surface area contributed by atoms with Crippen molar-refractivity contribution in [3.8, 4) is 10.4 Å². The maximum Gasteiger partial charge on any atom is 0.318 e. The van der Waals surface area contributed by atoms with Crippen molar-refractivity contribution in [2.24, 2.45) is 0 Å². The van der Waals surface area contributed by atoms with Crippen LogP contribution in [0.4, 0.5) is 4.79 Å². The Morgan fingerprint density at radius 1 is 1.26 bits per heavy atom. The molecule has 1 fully saturated rings. The van der Waals surface area contributed by atoms with Crippen molar-refractivity contribution in [1.29, 1.82) is 0 Å². The van der Waals surface area contributed by atoms with E-state index in [2.05, 4.69) is 47.5 Å². The molecule has 2 amide bonds. The molecule has 34 heavy (non-hydrogen) atoms. The van der Waals surface area contributed by atoms with Gasteiger partial charge in [0.05, 0.1) is 18.9 Å². The molecule has 1 N–H and O–H groups in total. The van der Waals surface area contributed by atoms with Crippen molar-refractivity contribution in [2.45, 2.75) is 52.2 Å². The minimum absolute atomic E-state index is 0.0214. The number of carbonyl (C=O) groups excluding carboxylic acids is 1. The van der Waals surface area contributed by atoms with Crippen LogP contribution in [0.2, 0.25) is 0 Å². The highest BCUT2D eigenvalue weighted by atomic mass is 32.1. The summed E-state index contributed by atoms with van der Waals surface area (Å²) in [6, 6.07) is 7.04. The van der Waals surface area contributed by atoms with Gasteiger partial charge in [-0.2, -0.15) is 0 Å². The van der Waals surface area contributed by atoms with Crippen LogP contribution >= 0.6 is 11.3 Å². The summed E-state index contributed by atoms with van der Waals surface area (Å²) < 4.78 is 5.47. The summed E-state index contributed by atoms with van der Waals surface area (Å²) >= 11 is 1.86. The summed E-state index contributed by atoms with van der Waals surface area (Å²) in [6.45, 7) is 11.5. The molecule has 6 nitrogen and oxygen atoms in total. The summed E-state index contributed by atoms with van der Waals surface area (Å²) in [5, 5.41) is 3.02. The van der Waals surface area contributed by atoms with Crippen molar-refractivity contribution in [3.05, 3.63) is 58.3 Å². The fourth-order valence-electron chi connectivity index (χ4n) is 4.98. The molecule has 2 aromatic heterocycles. The second kappa shape index (κ2) is 10.0. The van der Waals surface area contributed by atoms with Gasteiger partial charge in [-0.3, -0.25) is 9.88 Å². The number of amides is 2. The number of urea groups is 1. The maximum atomic E-state index is 12.5. The topological polar surface area (TPSA) is 57.7 Å². The predicted molar refractivity (Wildman–Crippen MR) is 138 cm³/mol. The molecule has 0 saturated carbocycles. The van der Waals surface area contributed by atoms with Gasteiger partial charge in [0.2, 0.25) is 0 Å². The molecule has 2 aliphatic heterocycles. The molecule has 1 atom stereocenters. The minimum Gasteiger partial charge on any atom is -0.379 e. The summed E-state index contributed by atoms with van der Waals surface area (Å²) in [5.41, 5.74) is 6.21. The maximum absolute atomic E-state index is 12.5. The van der Waals surface area contributed by atoms with Gasteiger partial charge in [-0.05, 0) is 56.5 Å². The Balaban J connectivity index is 1.32. The lowest BCUT2D eigenvalue weighted by molar-refractivity contribution is 0.0346. The van der Waals surface area contributed by atoms with Crippen molar-refractivity contribution in [3.63, 3.8) is 0 Å². The van der Waals surface area contributed by atoms with E-state index in [4.69, 9.17) is 9.72 Å². The molecule has 1 aliphatic carbocycles. The molecule has 2 aromatic rings. The van der Waals surface area contributed by atoms with E-state index in [0.717, 1.165) is 57.9 Å². The summed E-state index contributed by atoms with van der Waals surface area (Å²) in [6.07, 6.45) is 8.33. The van der Waals surface area contributed by atoms with Gasteiger partial charge in [-0.25, -0.2) is 4.79 Å². The number of ether oxygens (including phenoxy) is 1. The molecular weight excluding hydrogens is 444 g/mol. The van der Waals surface area contributed by atoms with E-state index < -0.39 is 0 Å². The van der Waals surface area contributed by atoms with Crippen molar-refractivity contribution in [1.82, 2.24) is 20.1 Å². The van der Waals surface area contributed by atoms with Crippen LogP contribution < -0.4 is 5.32 Å². The zero-order valence-electron chi connectivity index (χ0n) is 20.3.